The van der Waals surface area contributed by atoms with Crippen molar-refractivity contribution < 1.29 is 9.53 Å². The molecular formula is C12H14ClNO2. The van der Waals surface area contributed by atoms with Crippen molar-refractivity contribution in [3.63, 3.8) is 0 Å². The van der Waals surface area contributed by atoms with Gasteiger partial charge in [-0.05, 0) is 24.6 Å². The summed E-state index contributed by atoms with van der Waals surface area (Å²) in [5.41, 5.74) is 1.07. The first-order valence-electron chi connectivity index (χ1n) is 5.35. The molecule has 1 saturated heterocycles. The minimum atomic E-state index is -0.0325. The minimum Gasteiger partial charge on any atom is -0.362 e. The fraction of sp³-hybridized carbons (Fsp3) is 0.417. The summed E-state index contributed by atoms with van der Waals surface area (Å²) >= 11 is 5.82. The highest BCUT2D eigenvalue weighted by atomic mass is 35.5. The van der Waals surface area contributed by atoms with E-state index in [1.165, 1.54) is 0 Å². The van der Waals surface area contributed by atoms with Crippen LogP contribution in [0.3, 0.4) is 0 Å². The van der Waals surface area contributed by atoms with E-state index in [0.29, 0.717) is 11.6 Å². The summed E-state index contributed by atoms with van der Waals surface area (Å²) in [5.74, 6) is 0.0627. The number of carbonyl (C=O) groups excluding carboxylic acids is 1. The van der Waals surface area contributed by atoms with Crippen LogP contribution in [0.5, 0.6) is 0 Å². The number of hydrogen-bond acceptors (Lipinski definition) is 2. The van der Waals surface area contributed by atoms with Gasteiger partial charge in [0.05, 0.1) is 6.54 Å². The van der Waals surface area contributed by atoms with Gasteiger partial charge in [-0.1, -0.05) is 23.7 Å². The summed E-state index contributed by atoms with van der Waals surface area (Å²) in [7, 11) is 0. The van der Waals surface area contributed by atoms with Gasteiger partial charge in [0.1, 0.15) is 12.7 Å². The zero-order valence-corrected chi connectivity index (χ0v) is 9.91. The van der Waals surface area contributed by atoms with E-state index in [2.05, 4.69) is 0 Å². The molecule has 4 heteroatoms. The van der Waals surface area contributed by atoms with Crippen LogP contribution in [-0.4, -0.2) is 30.5 Å². The lowest BCUT2D eigenvalue weighted by atomic mass is 10.1. The minimum absolute atomic E-state index is 0.0325. The molecule has 1 fully saturated rings. The van der Waals surface area contributed by atoms with E-state index in [1.807, 2.05) is 36.1 Å². The monoisotopic (exact) mass is 239 g/mol. The number of nitrogens with zero attached hydrogens (tertiary/aromatic N) is 1. The van der Waals surface area contributed by atoms with Gasteiger partial charge in [-0.2, -0.15) is 0 Å². The highest BCUT2D eigenvalue weighted by Crippen LogP contribution is 2.23. The summed E-state index contributed by atoms with van der Waals surface area (Å²) in [6, 6.07) is 7.56. The number of benzene rings is 1. The average molecular weight is 240 g/mol. The van der Waals surface area contributed by atoms with Crippen LogP contribution in [-0.2, 0) is 9.53 Å². The van der Waals surface area contributed by atoms with E-state index >= 15 is 0 Å². The molecule has 0 unspecified atom stereocenters. The molecule has 1 amide bonds. The van der Waals surface area contributed by atoms with Crippen LogP contribution in [0.4, 0.5) is 0 Å². The first-order chi connectivity index (χ1) is 7.70. The number of rotatable bonds is 2. The molecule has 16 heavy (non-hydrogen) atoms. The Morgan fingerprint density at radius 2 is 2.12 bits per heavy atom. The lowest BCUT2D eigenvalue weighted by Gasteiger charge is -2.32. The number of amides is 1. The van der Waals surface area contributed by atoms with E-state index in [0.717, 1.165) is 12.1 Å². The van der Waals surface area contributed by atoms with Gasteiger partial charge in [-0.25, -0.2) is 0 Å². The van der Waals surface area contributed by atoms with Gasteiger partial charge >= 0.3 is 0 Å². The molecule has 0 spiro atoms. The van der Waals surface area contributed by atoms with Crippen molar-refractivity contribution in [1.82, 2.24) is 4.90 Å². The number of likely N-dealkylation sites (N-methyl/N-ethyl adjacent to an activating group) is 1. The second-order valence-electron chi connectivity index (χ2n) is 3.78. The molecule has 1 aromatic rings. The molecule has 1 heterocycles. The molecule has 0 radical (unpaired) electrons. The Balaban J connectivity index is 2.11. The molecule has 1 aromatic carbocycles. The van der Waals surface area contributed by atoms with Crippen molar-refractivity contribution >= 4 is 17.5 Å². The van der Waals surface area contributed by atoms with Crippen molar-refractivity contribution in [2.45, 2.75) is 13.0 Å². The van der Waals surface area contributed by atoms with Gasteiger partial charge in [-0.15, -0.1) is 0 Å². The largest absolute Gasteiger partial charge is 0.362 e. The Kier molecular flexibility index (Phi) is 3.46. The molecule has 0 bridgehead atoms. The fourth-order valence-electron chi connectivity index (χ4n) is 1.80. The van der Waals surface area contributed by atoms with Gasteiger partial charge in [0.15, 0.2) is 0 Å². The van der Waals surface area contributed by atoms with Crippen LogP contribution in [0.1, 0.15) is 18.6 Å². The third kappa shape index (κ3) is 2.36. The molecule has 1 aliphatic heterocycles. The standard InChI is InChI=1S/C12H14ClNO2/c1-2-14-7-11(16-8-12(14)15)9-3-5-10(13)6-4-9/h3-6,11H,2,7-8H2,1H3/t11-/m0/s1. The molecule has 0 N–H and O–H groups in total. The molecule has 2 rings (SSSR count). The van der Waals surface area contributed by atoms with Crippen LogP contribution >= 0.6 is 11.6 Å². The predicted octanol–water partition coefficient (Wildman–Crippen LogP) is 2.26. The molecule has 0 aliphatic carbocycles. The lowest BCUT2D eigenvalue weighted by molar-refractivity contribution is -0.148. The van der Waals surface area contributed by atoms with E-state index in [1.54, 1.807) is 0 Å². The Bertz CT molecular complexity index is 377. The first-order valence-corrected chi connectivity index (χ1v) is 5.73. The summed E-state index contributed by atoms with van der Waals surface area (Å²) in [4.78, 5) is 13.2. The molecule has 0 saturated carbocycles. The Morgan fingerprint density at radius 3 is 2.75 bits per heavy atom. The van der Waals surface area contributed by atoms with Crippen LogP contribution in [0.25, 0.3) is 0 Å². The van der Waals surface area contributed by atoms with Crippen LogP contribution in [0.15, 0.2) is 24.3 Å². The third-order valence-corrected chi connectivity index (χ3v) is 3.02. The van der Waals surface area contributed by atoms with E-state index in [-0.39, 0.29) is 18.6 Å². The maximum Gasteiger partial charge on any atom is 0.248 e. The number of carbonyl (C=O) groups is 1. The molecule has 1 aliphatic rings. The summed E-state index contributed by atoms with van der Waals surface area (Å²) in [5, 5.41) is 0.711. The summed E-state index contributed by atoms with van der Waals surface area (Å²) in [6.45, 7) is 3.49. The molecule has 3 nitrogen and oxygen atoms in total. The van der Waals surface area contributed by atoms with Gasteiger partial charge in [-0.3, -0.25) is 4.79 Å². The van der Waals surface area contributed by atoms with E-state index in [4.69, 9.17) is 16.3 Å². The maximum atomic E-state index is 11.4. The van der Waals surface area contributed by atoms with E-state index < -0.39 is 0 Å². The molecule has 86 valence electrons. The van der Waals surface area contributed by atoms with Gasteiger partial charge in [0.25, 0.3) is 0 Å². The second-order valence-corrected chi connectivity index (χ2v) is 4.22. The van der Waals surface area contributed by atoms with Crippen molar-refractivity contribution in [2.24, 2.45) is 0 Å². The number of morpholine rings is 1. The topological polar surface area (TPSA) is 29.5 Å². The molecule has 0 aromatic heterocycles. The average Bonchev–Trinajstić information content (AvgIpc) is 2.31. The SMILES string of the molecule is CCN1C[C@@H](c2ccc(Cl)cc2)OCC1=O. The molecule has 1 atom stereocenters. The highest BCUT2D eigenvalue weighted by molar-refractivity contribution is 6.30. The number of halogens is 1. The predicted molar refractivity (Wildman–Crippen MR) is 62.4 cm³/mol. The summed E-state index contributed by atoms with van der Waals surface area (Å²) < 4.78 is 5.51. The van der Waals surface area contributed by atoms with Crippen LogP contribution in [0, 0.1) is 0 Å². The zero-order valence-electron chi connectivity index (χ0n) is 9.15. The number of ether oxygens (including phenoxy) is 1. The van der Waals surface area contributed by atoms with Crippen molar-refractivity contribution in [3.8, 4) is 0 Å². The van der Waals surface area contributed by atoms with Gasteiger partial charge in [0.2, 0.25) is 5.91 Å². The van der Waals surface area contributed by atoms with Gasteiger partial charge < -0.3 is 9.64 Å². The van der Waals surface area contributed by atoms with Crippen molar-refractivity contribution in [3.05, 3.63) is 34.9 Å². The Labute approximate surface area is 100.0 Å². The second kappa shape index (κ2) is 4.85. The number of hydrogen-bond donors (Lipinski definition) is 0. The Morgan fingerprint density at radius 1 is 1.44 bits per heavy atom. The van der Waals surface area contributed by atoms with Crippen LogP contribution < -0.4 is 0 Å². The van der Waals surface area contributed by atoms with Crippen molar-refractivity contribution in [2.75, 3.05) is 19.7 Å². The third-order valence-electron chi connectivity index (χ3n) is 2.77. The maximum absolute atomic E-state index is 11.4. The Hall–Kier alpha value is -1.06. The van der Waals surface area contributed by atoms with Crippen LogP contribution in [0.2, 0.25) is 5.02 Å². The smallest absolute Gasteiger partial charge is 0.248 e. The quantitative estimate of drug-likeness (QED) is 0.792. The zero-order chi connectivity index (χ0) is 11.5. The lowest BCUT2D eigenvalue weighted by Crippen LogP contribution is -2.42. The summed E-state index contributed by atoms with van der Waals surface area (Å²) in [6.07, 6.45) is -0.0325. The fourth-order valence-corrected chi connectivity index (χ4v) is 1.93. The van der Waals surface area contributed by atoms with E-state index in [9.17, 15) is 4.79 Å². The van der Waals surface area contributed by atoms with Gasteiger partial charge in [0, 0.05) is 11.6 Å². The first kappa shape index (κ1) is 11.4. The highest BCUT2D eigenvalue weighted by Gasteiger charge is 2.25. The molecular weight excluding hydrogens is 226 g/mol. The van der Waals surface area contributed by atoms with Crippen molar-refractivity contribution in [1.29, 1.82) is 0 Å². The normalized spacial score (nSPS) is 21.2.